The largest absolute Gasteiger partial charge is 0.384 e. The van der Waals surface area contributed by atoms with Crippen LogP contribution in [0.5, 0.6) is 0 Å². The highest BCUT2D eigenvalue weighted by Crippen LogP contribution is 2.34. The number of rotatable bonds is 3. The summed E-state index contributed by atoms with van der Waals surface area (Å²) in [4.78, 5) is 9.19. The SMILES string of the molecule is CC(C)c1ccc(-c2nc(N)cc(C3CCCC3)n2)cc1. The maximum Gasteiger partial charge on any atom is 0.161 e. The summed E-state index contributed by atoms with van der Waals surface area (Å²) in [7, 11) is 0. The number of aromatic nitrogens is 2. The van der Waals surface area contributed by atoms with Crippen molar-refractivity contribution in [3.63, 3.8) is 0 Å². The smallest absolute Gasteiger partial charge is 0.161 e. The monoisotopic (exact) mass is 281 g/mol. The Balaban J connectivity index is 1.93. The quantitative estimate of drug-likeness (QED) is 0.900. The molecule has 3 heteroatoms. The van der Waals surface area contributed by atoms with Crippen molar-refractivity contribution in [1.82, 2.24) is 9.97 Å². The summed E-state index contributed by atoms with van der Waals surface area (Å²) < 4.78 is 0. The second-order valence-corrected chi connectivity index (χ2v) is 6.30. The Kier molecular flexibility index (Phi) is 3.91. The molecule has 0 aliphatic heterocycles. The summed E-state index contributed by atoms with van der Waals surface area (Å²) in [5.74, 6) is 2.43. The van der Waals surface area contributed by atoms with Gasteiger partial charge in [-0.05, 0) is 24.3 Å². The summed E-state index contributed by atoms with van der Waals surface area (Å²) in [5.41, 5.74) is 9.48. The molecule has 0 amide bonds. The van der Waals surface area contributed by atoms with Crippen LogP contribution in [0.4, 0.5) is 5.82 Å². The third-order valence-electron chi connectivity index (χ3n) is 4.37. The van der Waals surface area contributed by atoms with Crippen LogP contribution in [0.15, 0.2) is 30.3 Å². The highest BCUT2D eigenvalue weighted by Gasteiger charge is 2.20. The van der Waals surface area contributed by atoms with E-state index < -0.39 is 0 Å². The molecule has 1 heterocycles. The molecule has 1 aromatic carbocycles. The Morgan fingerprint density at radius 2 is 1.71 bits per heavy atom. The van der Waals surface area contributed by atoms with Gasteiger partial charge in [0.15, 0.2) is 5.82 Å². The molecule has 1 aliphatic carbocycles. The van der Waals surface area contributed by atoms with Crippen LogP contribution in [0.1, 0.15) is 62.6 Å². The number of hydrogen-bond acceptors (Lipinski definition) is 3. The van der Waals surface area contributed by atoms with Gasteiger partial charge in [0.05, 0.1) is 0 Å². The molecule has 0 bridgehead atoms. The summed E-state index contributed by atoms with van der Waals surface area (Å²) in [6.45, 7) is 4.40. The molecule has 3 nitrogen and oxygen atoms in total. The van der Waals surface area contributed by atoms with Gasteiger partial charge >= 0.3 is 0 Å². The highest BCUT2D eigenvalue weighted by molar-refractivity contribution is 5.57. The third-order valence-corrected chi connectivity index (χ3v) is 4.37. The Morgan fingerprint density at radius 1 is 1.05 bits per heavy atom. The zero-order valence-corrected chi connectivity index (χ0v) is 12.8. The van der Waals surface area contributed by atoms with Crippen LogP contribution in [-0.2, 0) is 0 Å². The second kappa shape index (κ2) is 5.84. The van der Waals surface area contributed by atoms with Crippen molar-refractivity contribution in [2.75, 3.05) is 5.73 Å². The van der Waals surface area contributed by atoms with E-state index in [0.29, 0.717) is 17.7 Å². The first kappa shape index (κ1) is 14.1. The number of nitrogen functional groups attached to an aromatic ring is 1. The van der Waals surface area contributed by atoms with Crippen LogP contribution < -0.4 is 5.73 Å². The molecule has 0 saturated heterocycles. The van der Waals surface area contributed by atoms with E-state index >= 15 is 0 Å². The van der Waals surface area contributed by atoms with Crippen LogP contribution in [0.2, 0.25) is 0 Å². The minimum atomic E-state index is 0.537. The number of anilines is 1. The van der Waals surface area contributed by atoms with E-state index in [2.05, 4.69) is 43.1 Å². The first-order valence-corrected chi connectivity index (χ1v) is 7.88. The average Bonchev–Trinajstić information content (AvgIpc) is 3.01. The number of hydrogen-bond donors (Lipinski definition) is 1. The van der Waals surface area contributed by atoms with Crippen LogP contribution >= 0.6 is 0 Å². The molecule has 0 spiro atoms. The van der Waals surface area contributed by atoms with E-state index in [9.17, 15) is 0 Å². The molecular weight excluding hydrogens is 258 g/mol. The third kappa shape index (κ3) is 3.07. The van der Waals surface area contributed by atoms with Crippen molar-refractivity contribution in [3.8, 4) is 11.4 Å². The van der Waals surface area contributed by atoms with Gasteiger partial charge in [0, 0.05) is 23.2 Å². The maximum absolute atomic E-state index is 5.99. The lowest BCUT2D eigenvalue weighted by Crippen LogP contribution is -2.03. The second-order valence-electron chi connectivity index (χ2n) is 6.30. The Labute approximate surface area is 126 Å². The molecule has 110 valence electrons. The highest BCUT2D eigenvalue weighted by atomic mass is 14.9. The Hall–Kier alpha value is -1.90. The number of benzene rings is 1. The average molecular weight is 281 g/mol. The van der Waals surface area contributed by atoms with Gasteiger partial charge in [-0.2, -0.15) is 0 Å². The Morgan fingerprint density at radius 3 is 2.33 bits per heavy atom. The van der Waals surface area contributed by atoms with Crippen LogP contribution in [-0.4, -0.2) is 9.97 Å². The zero-order chi connectivity index (χ0) is 14.8. The molecule has 1 fully saturated rings. The van der Waals surface area contributed by atoms with E-state index in [4.69, 9.17) is 10.7 Å². The molecule has 2 N–H and O–H groups in total. The summed E-state index contributed by atoms with van der Waals surface area (Å²) in [6.07, 6.45) is 5.05. The summed E-state index contributed by atoms with van der Waals surface area (Å²) >= 11 is 0. The molecule has 21 heavy (non-hydrogen) atoms. The normalized spacial score (nSPS) is 15.8. The lowest BCUT2D eigenvalue weighted by atomic mass is 10.0. The van der Waals surface area contributed by atoms with Crippen molar-refractivity contribution in [1.29, 1.82) is 0 Å². The molecule has 1 saturated carbocycles. The number of nitrogens with zero attached hydrogens (tertiary/aromatic N) is 2. The summed E-state index contributed by atoms with van der Waals surface area (Å²) in [6, 6.07) is 10.5. The predicted molar refractivity (Wildman–Crippen MR) is 87.2 cm³/mol. The van der Waals surface area contributed by atoms with Crippen LogP contribution in [0.25, 0.3) is 11.4 Å². The van der Waals surface area contributed by atoms with Gasteiger partial charge < -0.3 is 5.73 Å². The first-order valence-electron chi connectivity index (χ1n) is 7.88. The van der Waals surface area contributed by atoms with Crippen molar-refractivity contribution in [2.24, 2.45) is 0 Å². The minimum Gasteiger partial charge on any atom is -0.384 e. The van der Waals surface area contributed by atoms with Crippen LogP contribution in [0, 0.1) is 0 Å². The molecular formula is C18H23N3. The standard InChI is InChI=1S/C18H23N3/c1-12(2)13-7-9-15(10-8-13)18-20-16(11-17(19)21-18)14-5-3-4-6-14/h7-12,14H,3-6H2,1-2H3,(H2,19,20,21). The molecule has 0 unspecified atom stereocenters. The van der Waals surface area contributed by atoms with E-state index in [1.165, 1.54) is 31.2 Å². The minimum absolute atomic E-state index is 0.537. The van der Waals surface area contributed by atoms with E-state index in [-0.39, 0.29) is 0 Å². The molecule has 1 aliphatic rings. The topological polar surface area (TPSA) is 51.8 Å². The summed E-state index contributed by atoms with van der Waals surface area (Å²) in [5, 5.41) is 0. The van der Waals surface area contributed by atoms with E-state index in [1.54, 1.807) is 0 Å². The van der Waals surface area contributed by atoms with Gasteiger partial charge in [0.1, 0.15) is 5.82 Å². The fraction of sp³-hybridized carbons (Fsp3) is 0.444. The van der Waals surface area contributed by atoms with Gasteiger partial charge in [-0.3, -0.25) is 0 Å². The number of nitrogens with two attached hydrogens (primary N) is 1. The van der Waals surface area contributed by atoms with Crippen molar-refractivity contribution < 1.29 is 0 Å². The maximum atomic E-state index is 5.99. The van der Waals surface area contributed by atoms with Gasteiger partial charge in [-0.1, -0.05) is 51.0 Å². The van der Waals surface area contributed by atoms with Gasteiger partial charge in [-0.25, -0.2) is 9.97 Å². The molecule has 2 aromatic rings. The fourth-order valence-electron chi connectivity index (χ4n) is 3.06. The van der Waals surface area contributed by atoms with E-state index in [0.717, 1.165) is 17.1 Å². The molecule has 0 atom stereocenters. The fourth-order valence-corrected chi connectivity index (χ4v) is 3.06. The molecule has 0 radical (unpaired) electrons. The van der Waals surface area contributed by atoms with Gasteiger partial charge in [0.25, 0.3) is 0 Å². The van der Waals surface area contributed by atoms with Gasteiger partial charge in [0.2, 0.25) is 0 Å². The molecule has 3 rings (SSSR count). The van der Waals surface area contributed by atoms with Crippen molar-refractivity contribution >= 4 is 5.82 Å². The lowest BCUT2D eigenvalue weighted by molar-refractivity contribution is 0.696. The predicted octanol–water partition coefficient (Wildman–Crippen LogP) is 4.51. The van der Waals surface area contributed by atoms with E-state index in [1.807, 2.05) is 6.07 Å². The Bertz CT molecular complexity index is 611. The van der Waals surface area contributed by atoms with Crippen molar-refractivity contribution in [2.45, 2.75) is 51.4 Å². The van der Waals surface area contributed by atoms with Gasteiger partial charge in [-0.15, -0.1) is 0 Å². The van der Waals surface area contributed by atoms with Crippen LogP contribution in [0.3, 0.4) is 0 Å². The molecule has 1 aromatic heterocycles. The van der Waals surface area contributed by atoms with Crippen molar-refractivity contribution in [3.05, 3.63) is 41.6 Å². The lowest BCUT2D eigenvalue weighted by Gasteiger charge is -2.12. The first-order chi connectivity index (χ1) is 10.1. The zero-order valence-electron chi connectivity index (χ0n) is 12.8.